The van der Waals surface area contributed by atoms with Gasteiger partial charge in [-0.25, -0.2) is 0 Å². The van der Waals surface area contributed by atoms with Crippen LogP contribution in [0.4, 0.5) is 5.69 Å². The van der Waals surface area contributed by atoms with Crippen LogP contribution in [0.25, 0.3) is 0 Å². The van der Waals surface area contributed by atoms with Crippen LogP contribution in [0, 0.1) is 0 Å². The number of rotatable bonds is 6. The normalized spacial score (nSPS) is 11.9. The van der Waals surface area contributed by atoms with Crippen LogP contribution in [-0.4, -0.2) is 17.6 Å². The molecule has 98 valence electrons. The topological polar surface area (TPSA) is 72.2 Å². The van der Waals surface area contributed by atoms with Gasteiger partial charge in [0.15, 0.2) is 0 Å². The Hall–Kier alpha value is -1.49. The number of thiol groups is 1. The zero-order chi connectivity index (χ0) is 13.5. The molecule has 0 saturated heterocycles. The van der Waals surface area contributed by atoms with Crippen molar-refractivity contribution >= 4 is 30.1 Å². The Balaban J connectivity index is 2.62. The van der Waals surface area contributed by atoms with Crippen LogP contribution in [0.3, 0.4) is 0 Å². The van der Waals surface area contributed by atoms with Crippen molar-refractivity contribution in [1.29, 1.82) is 0 Å². The van der Waals surface area contributed by atoms with Crippen molar-refractivity contribution in [2.75, 3.05) is 11.1 Å². The minimum atomic E-state index is -0.311. The molecule has 0 aromatic heterocycles. The maximum Gasteiger partial charge on any atom is 0.225 e. The van der Waals surface area contributed by atoms with E-state index in [1.54, 1.807) is 0 Å². The molecule has 0 aliphatic heterocycles. The van der Waals surface area contributed by atoms with Gasteiger partial charge in [-0.15, -0.1) is 0 Å². The summed E-state index contributed by atoms with van der Waals surface area (Å²) < 4.78 is 0. The molecule has 1 rings (SSSR count). The van der Waals surface area contributed by atoms with Gasteiger partial charge >= 0.3 is 0 Å². The average molecular weight is 266 g/mol. The lowest BCUT2D eigenvalue weighted by molar-refractivity contribution is -0.118. The first-order valence-electron chi connectivity index (χ1n) is 5.82. The minimum absolute atomic E-state index is 0.0528. The summed E-state index contributed by atoms with van der Waals surface area (Å²) in [6.07, 6.45) is 0.717. The maximum atomic E-state index is 11.4. The molecule has 1 unspecified atom stereocenters. The number of amides is 2. The van der Waals surface area contributed by atoms with Gasteiger partial charge < -0.3 is 11.1 Å². The number of carbonyl (C=O) groups is 2. The average Bonchev–Trinajstić information content (AvgIpc) is 2.29. The predicted molar refractivity (Wildman–Crippen MR) is 75.8 cm³/mol. The monoisotopic (exact) mass is 266 g/mol. The van der Waals surface area contributed by atoms with E-state index in [4.69, 9.17) is 5.73 Å². The van der Waals surface area contributed by atoms with Crippen molar-refractivity contribution in [3.8, 4) is 0 Å². The Labute approximate surface area is 112 Å². The van der Waals surface area contributed by atoms with Gasteiger partial charge in [0.1, 0.15) is 0 Å². The van der Waals surface area contributed by atoms with Crippen LogP contribution >= 0.6 is 12.6 Å². The smallest absolute Gasteiger partial charge is 0.225 e. The number of carbonyl (C=O) groups excluding carboxylic acids is 2. The first-order valence-corrected chi connectivity index (χ1v) is 6.45. The predicted octanol–water partition coefficient (Wildman–Crippen LogP) is 1.92. The van der Waals surface area contributed by atoms with Crippen molar-refractivity contribution in [2.24, 2.45) is 5.73 Å². The Morgan fingerprint density at radius 3 is 2.44 bits per heavy atom. The van der Waals surface area contributed by atoms with Crippen molar-refractivity contribution < 1.29 is 9.59 Å². The van der Waals surface area contributed by atoms with Gasteiger partial charge in [0, 0.05) is 18.5 Å². The second-order valence-electron chi connectivity index (χ2n) is 4.22. The number of nitrogens with one attached hydrogen (secondary N) is 1. The van der Waals surface area contributed by atoms with Crippen LogP contribution in [0.5, 0.6) is 0 Å². The molecule has 1 atom stereocenters. The molecule has 0 radical (unpaired) electrons. The van der Waals surface area contributed by atoms with E-state index in [9.17, 15) is 9.59 Å². The standard InChI is InChI=1S/C13H18N2O2S/c1-9(8-12(14)16)10-2-4-11(5-3-10)15-13(17)6-7-18/h2-5,9,18H,6-8H2,1H3,(H2,14,16)(H,15,17). The second kappa shape index (κ2) is 7.06. The highest BCUT2D eigenvalue weighted by Crippen LogP contribution is 2.20. The molecule has 0 aliphatic rings. The van der Waals surface area contributed by atoms with Gasteiger partial charge in [-0.1, -0.05) is 19.1 Å². The molecule has 3 N–H and O–H groups in total. The molecular formula is C13H18N2O2S. The van der Waals surface area contributed by atoms with Crippen LogP contribution in [0.15, 0.2) is 24.3 Å². The van der Waals surface area contributed by atoms with Gasteiger partial charge in [-0.05, 0) is 29.4 Å². The molecule has 18 heavy (non-hydrogen) atoms. The number of hydrogen-bond donors (Lipinski definition) is 3. The molecule has 1 aromatic carbocycles. The summed E-state index contributed by atoms with van der Waals surface area (Å²) in [5.41, 5.74) is 6.93. The number of primary amides is 1. The Morgan fingerprint density at radius 1 is 1.33 bits per heavy atom. The summed E-state index contributed by atoms with van der Waals surface area (Å²) in [4.78, 5) is 22.2. The summed E-state index contributed by atoms with van der Waals surface area (Å²) in [6.45, 7) is 1.94. The third-order valence-corrected chi connectivity index (χ3v) is 2.83. The van der Waals surface area contributed by atoms with Crippen molar-refractivity contribution in [3.63, 3.8) is 0 Å². The largest absolute Gasteiger partial charge is 0.370 e. The molecule has 0 saturated carbocycles. The third-order valence-electron chi connectivity index (χ3n) is 2.61. The summed E-state index contributed by atoms with van der Waals surface area (Å²) in [5.74, 6) is 0.251. The molecule has 0 bridgehead atoms. The number of hydrogen-bond acceptors (Lipinski definition) is 3. The Kier molecular flexibility index (Phi) is 5.71. The first-order chi connectivity index (χ1) is 8.52. The Bertz CT molecular complexity index is 418. The quantitative estimate of drug-likeness (QED) is 0.688. The van der Waals surface area contributed by atoms with E-state index >= 15 is 0 Å². The fourth-order valence-electron chi connectivity index (χ4n) is 1.64. The summed E-state index contributed by atoms with van der Waals surface area (Å²) in [7, 11) is 0. The van der Waals surface area contributed by atoms with Gasteiger partial charge in [0.2, 0.25) is 11.8 Å². The lowest BCUT2D eigenvalue weighted by Gasteiger charge is -2.11. The fraction of sp³-hybridized carbons (Fsp3) is 0.385. The zero-order valence-electron chi connectivity index (χ0n) is 10.3. The first kappa shape index (κ1) is 14.6. The summed E-state index contributed by atoms with van der Waals surface area (Å²) >= 11 is 4.00. The van der Waals surface area contributed by atoms with Crippen molar-refractivity contribution in [3.05, 3.63) is 29.8 Å². The highest BCUT2D eigenvalue weighted by Gasteiger charge is 2.09. The molecule has 5 heteroatoms. The van der Waals surface area contributed by atoms with Gasteiger partial charge in [0.25, 0.3) is 0 Å². The molecule has 0 aliphatic carbocycles. The highest BCUT2D eigenvalue weighted by molar-refractivity contribution is 7.80. The summed E-state index contributed by atoms with van der Waals surface area (Å²) in [6, 6.07) is 7.43. The summed E-state index contributed by atoms with van der Waals surface area (Å²) in [5, 5.41) is 2.77. The lowest BCUT2D eigenvalue weighted by Crippen LogP contribution is -2.14. The molecule has 0 fully saturated rings. The highest BCUT2D eigenvalue weighted by atomic mass is 32.1. The van der Waals surface area contributed by atoms with Gasteiger partial charge in [-0.3, -0.25) is 9.59 Å². The van der Waals surface area contributed by atoms with E-state index in [2.05, 4.69) is 17.9 Å². The van der Waals surface area contributed by atoms with Crippen molar-refractivity contribution in [1.82, 2.24) is 0 Å². The molecule has 1 aromatic rings. The van der Waals surface area contributed by atoms with E-state index in [1.165, 1.54) is 0 Å². The maximum absolute atomic E-state index is 11.4. The van der Waals surface area contributed by atoms with Gasteiger partial charge in [-0.2, -0.15) is 12.6 Å². The van der Waals surface area contributed by atoms with Gasteiger partial charge in [0.05, 0.1) is 0 Å². The lowest BCUT2D eigenvalue weighted by atomic mass is 9.97. The zero-order valence-corrected chi connectivity index (χ0v) is 11.2. The molecule has 0 heterocycles. The van der Waals surface area contributed by atoms with E-state index in [0.29, 0.717) is 18.6 Å². The Morgan fingerprint density at radius 2 is 1.94 bits per heavy atom. The molecular weight excluding hydrogens is 248 g/mol. The number of benzene rings is 1. The minimum Gasteiger partial charge on any atom is -0.370 e. The van der Waals surface area contributed by atoms with Crippen LogP contribution in [-0.2, 0) is 9.59 Å². The number of anilines is 1. The third kappa shape index (κ3) is 4.79. The SMILES string of the molecule is CC(CC(N)=O)c1ccc(NC(=O)CCS)cc1. The van der Waals surface area contributed by atoms with E-state index in [0.717, 1.165) is 11.3 Å². The van der Waals surface area contributed by atoms with E-state index < -0.39 is 0 Å². The van der Waals surface area contributed by atoms with E-state index in [-0.39, 0.29) is 17.7 Å². The fourth-order valence-corrected chi connectivity index (χ4v) is 1.84. The van der Waals surface area contributed by atoms with Crippen molar-refractivity contribution in [2.45, 2.75) is 25.7 Å². The van der Waals surface area contributed by atoms with Crippen LogP contribution in [0.1, 0.15) is 31.2 Å². The molecule has 2 amide bonds. The van der Waals surface area contributed by atoms with Crippen LogP contribution in [0.2, 0.25) is 0 Å². The second-order valence-corrected chi connectivity index (χ2v) is 4.66. The van der Waals surface area contributed by atoms with Crippen LogP contribution < -0.4 is 11.1 Å². The number of nitrogens with two attached hydrogens (primary N) is 1. The van der Waals surface area contributed by atoms with E-state index in [1.807, 2.05) is 31.2 Å². The molecule has 0 spiro atoms. The molecule has 4 nitrogen and oxygen atoms in total.